The van der Waals surface area contributed by atoms with Crippen LogP contribution in [-0.4, -0.2) is 18.4 Å². The van der Waals surface area contributed by atoms with Crippen LogP contribution in [0.5, 0.6) is 0 Å². The van der Waals surface area contributed by atoms with E-state index < -0.39 is 10.0 Å². The van der Waals surface area contributed by atoms with E-state index in [1.807, 2.05) is 0 Å². The molecule has 0 spiro atoms. The van der Waals surface area contributed by atoms with Crippen molar-refractivity contribution in [3.63, 3.8) is 0 Å². The van der Waals surface area contributed by atoms with Gasteiger partial charge in [0.1, 0.15) is 10.0 Å². The third-order valence-corrected chi connectivity index (χ3v) is 4.48. The van der Waals surface area contributed by atoms with Crippen LogP contribution in [0, 0.1) is 0 Å². The Morgan fingerprint density at radius 3 is 2.72 bits per heavy atom. The fourth-order valence-corrected chi connectivity index (χ4v) is 2.81. The maximum atomic E-state index is 12.0. The van der Waals surface area contributed by atoms with Crippen molar-refractivity contribution in [3.05, 3.63) is 46.4 Å². The van der Waals surface area contributed by atoms with E-state index >= 15 is 0 Å². The van der Waals surface area contributed by atoms with E-state index in [2.05, 4.69) is 30.6 Å². The number of nitrogens with zero attached hydrogens (tertiary/aromatic N) is 2. The van der Waals surface area contributed by atoms with Gasteiger partial charge in [0.15, 0.2) is 0 Å². The molecule has 2 heterocycles. The molecule has 2 rings (SSSR count). The molecule has 0 aliphatic rings. The molecule has 2 aromatic rings. The quantitative estimate of drug-likeness (QED) is 0.866. The first kappa shape index (κ1) is 13.3. The molecule has 18 heavy (non-hydrogen) atoms. The molecule has 0 aliphatic carbocycles. The zero-order chi connectivity index (χ0) is 13.2. The summed E-state index contributed by atoms with van der Waals surface area (Å²) >= 11 is 8.83. The predicted molar refractivity (Wildman–Crippen MR) is 72.0 cm³/mol. The summed E-state index contributed by atoms with van der Waals surface area (Å²) in [4.78, 5) is 7.61. The van der Waals surface area contributed by atoms with Crippen LogP contribution < -0.4 is 4.72 Å². The van der Waals surface area contributed by atoms with Gasteiger partial charge in [-0.15, -0.1) is 0 Å². The fourth-order valence-electron chi connectivity index (χ4n) is 1.19. The van der Waals surface area contributed by atoms with Gasteiger partial charge < -0.3 is 0 Å². The average molecular weight is 349 g/mol. The molecule has 2 aromatic heterocycles. The normalized spacial score (nSPS) is 11.2. The number of nitrogens with one attached hydrogen (secondary N) is 1. The van der Waals surface area contributed by atoms with Crippen molar-refractivity contribution in [1.82, 2.24) is 9.97 Å². The van der Waals surface area contributed by atoms with Gasteiger partial charge in [-0.2, -0.15) is 0 Å². The largest absolute Gasteiger partial charge is 0.278 e. The Balaban J connectivity index is 2.34. The van der Waals surface area contributed by atoms with Gasteiger partial charge in [0.05, 0.1) is 16.4 Å². The van der Waals surface area contributed by atoms with Crippen molar-refractivity contribution in [1.29, 1.82) is 0 Å². The lowest BCUT2D eigenvalue weighted by molar-refractivity contribution is 0.600. The SMILES string of the molecule is O=S(=O)(Nc1cccnc1)c1cnc(Cl)c(Br)c1. The van der Waals surface area contributed by atoms with Gasteiger partial charge in [0.2, 0.25) is 0 Å². The smallest absolute Gasteiger partial charge is 0.263 e. The minimum Gasteiger partial charge on any atom is -0.278 e. The van der Waals surface area contributed by atoms with Crippen LogP contribution in [-0.2, 0) is 10.0 Å². The number of hydrogen-bond acceptors (Lipinski definition) is 4. The topological polar surface area (TPSA) is 72.0 Å². The molecular weight excluding hydrogens is 342 g/mol. The van der Waals surface area contributed by atoms with E-state index in [0.29, 0.717) is 10.2 Å². The lowest BCUT2D eigenvalue weighted by Crippen LogP contribution is -2.13. The van der Waals surface area contributed by atoms with E-state index in [1.165, 1.54) is 18.5 Å². The number of rotatable bonds is 3. The number of halogens is 2. The van der Waals surface area contributed by atoms with E-state index in [4.69, 9.17) is 11.6 Å². The minimum absolute atomic E-state index is 0.0163. The van der Waals surface area contributed by atoms with Gasteiger partial charge in [-0.1, -0.05) is 11.6 Å². The Labute approximate surface area is 117 Å². The van der Waals surface area contributed by atoms with Crippen molar-refractivity contribution in [2.24, 2.45) is 0 Å². The molecule has 0 aromatic carbocycles. The second-order valence-electron chi connectivity index (χ2n) is 3.29. The van der Waals surface area contributed by atoms with Crippen molar-refractivity contribution in [2.45, 2.75) is 4.90 Å². The molecule has 0 unspecified atom stereocenters. The van der Waals surface area contributed by atoms with Gasteiger partial charge in [0, 0.05) is 12.4 Å². The second-order valence-corrected chi connectivity index (χ2v) is 6.19. The average Bonchev–Trinajstić information content (AvgIpc) is 2.33. The van der Waals surface area contributed by atoms with Crippen LogP contribution in [0.4, 0.5) is 5.69 Å². The van der Waals surface area contributed by atoms with Gasteiger partial charge in [-0.05, 0) is 34.1 Å². The van der Waals surface area contributed by atoms with Crippen LogP contribution in [0.15, 0.2) is 46.2 Å². The first-order chi connectivity index (χ1) is 8.49. The zero-order valence-electron chi connectivity index (χ0n) is 8.84. The summed E-state index contributed by atoms with van der Waals surface area (Å²) < 4.78 is 26.8. The van der Waals surface area contributed by atoms with E-state index in [0.717, 1.165) is 0 Å². The van der Waals surface area contributed by atoms with Crippen molar-refractivity contribution < 1.29 is 8.42 Å². The summed E-state index contributed by atoms with van der Waals surface area (Å²) in [5, 5.41) is 0.204. The highest BCUT2D eigenvalue weighted by Crippen LogP contribution is 2.23. The van der Waals surface area contributed by atoms with E-state index in [1.54, 1.807) is 18.3 Å². The predicted octanol–water partition coefficient (Wildman–Crippen LogP) is 2.69. The zero-order valence-corrected chi connectivity index (χ0v) is 12.0. The summed E-state index contributed by atoms with van der Waals surface area (Å²) in [5.41, 5.74) is 0.378. The fraction of sp³-hybridized carbons (Fsp3) is 0. The first-order valence-corrected chi connectivity index (χ1v) is 7.38. The van der Waals surface area contributed by atoms with E-state index in [9.17, 15) is 8.42 Å². The van der Waals surface area contributed by atoms with E-state index in [-0.39, 0.29) is 10.0 Å². The number of pyridine rings is 2. The molecule has 0 saturated carbocycles. The van der Waals surface area contributed by atoms with Crippen LogP contribution in [0.1, 0.15) is 0 Å². The Hall–Kier alpha value is -1.18. The summed E-state index contributed by atoms with van der Waals surface area (Å²) in [5.74, 6) is 0. The van der Waals surface area contributed by atoms with Crippen molar-refractivity contribution in [2.75, 3.05) is 4.72 Å². The highest BCUT2D eigenvalue weighted by atomic mass is 79.9. The van der Waals surface area contributed by atoms with Crippen LogP contribution >= 0.6 is 27.5 Å². The van der Waals surface area contributed by atoms with Crippen LogP contribution in [0.25, 0.3) is 0 Å². The molecule has 0 saturated heterocycles. The summed E-state index contributed by atoms with van der Waals surface area (Å²) in [6.07, 6.45) is 4.15. The van der Waals surface area contributed by atoms with Crippen LogP contribution in [0.3, 0.4) is 0 Å². The monoisotopic (exact) mass is 347 g/mol. The molecule has 94 valence electrons. The summed E-state index contributed by atoms with van der Waals surface area (Å²) in [7, 11) is -3.69. The lowest BCUT2D eigenvalue weighted by atomic mass is 10.4. The van der Waals surface area contributed by atoms with Crippen molar-refractivity contribution in [3.8, 4) is 0 Å². The molecule has 0 fully saturated rings. The minimum atomic E-state index is -3.69. The maximum Gasteiger partial charge on any atom is 0.263 e. The molecule has 1 N–H and O–H groups in total. The lowest BCUT2D eigenvalue weighted by Gasteiger charge is -2.07. The Morgan fingerprint density at radius 2 is 2.11 bits per heavy atom. The summed E-state index contributed by atoms with van der Waals surface area (Å²) in [6, 6.07) is 4.62. The second kappa shape index (κ2) is 5.21. The molecule has 0 amide bonds. The molecule has 8 heteroatoms. The number of anilines is 1. The number of aromatic nitrogens is 2. The standard InChI is InChI=1S/C10H7BrClN3O2S/c11-9-4-8(6-14-10(9)12)18(16,17)15-7-2-1-3-13-5-7/h1-6,15H. The molecule has 0 radical (unpaired) electrons. The Kier molecular flexibility index (Phi) is 3.84. The van der Waals surface area contributed by atoms with Gasteiger partial charge in [-0.3, -0.25) is 9.71 Å². The molecule has 0 aliphatic heterocycles. The Bertz CT molecular complexity index is 664. The van der Waals surface area contributed by atoms with Gasteiger partial charge in [-0.25, -0.2) is 13.4 Å². The molecule has 0 bridgehead atoms. The molecule has 5 nitrogen and oxygen atoms in total. The third-order valence-electron chi connectivity index (χ3n) is 2.00. The third kappa shape index (κ3) is 2.98. The van der Waals surface area contributed by atoms with Crippen LogP contribution in [0.2, 0.25) is 5.15 Å². The maximum absolute atomic E-state index is 12.0. The Morgan fingerprint density at radius 1 is 1.33 bits per heavy atom. The summed E-state index contributed by atoms with van der Waals surface area (Å²) in [6.45, 7) is 0. The number of hydrogen-bond donors (Lipinski definition) is 1. The number of sulfonamides is 1. The van der Waals surface area contributed by atoms with Crippen molar-refractivity contribution >= 4 is 43.2 Å². The molecule has 0 atom stereocenters. The highest BCUT2D eigenvalue weighted by molar-refractivity contribution is 9.10. The van der Waals surface area contributed by atoms with Gasteiger partial charge >= 0.3 is 0 Å². The highest BCUT2D eigenvalue weighted by Gasteiger charge is 2.16. The van der Waals surface area contributed by atoms with Gasteiger partial charge in [0.25, 0.3) is 10.0 Å². The molecular formula is C10H7BrClN3O2S. The first-order valence-electron chi connectivity index (χ1n) is 4.73.